The number of aryl methyl sites for hydroxylation is 1. The number of rotatable bonds is 26. The zero-order valence-electron chi connectivity index (χ0n) is 39.0. The normalized spacial score (nSPS) is 12.1. The fraction of sp³-hybridized carbons (Fsp3) is 0.327. The molecule has 0 fully saturated rings. The molecule has 4 amide bonds. The van der Waals surface area contributed by atoms with Crippen LogP contribution in [-0.4, -0.2) is 72.5 Å². The third kappa shape index (κ3) is 15.4. The quantitative estimate of drug-likeness (QED) is 0.0160. The van der Waals surface area contributed by atoms with Gasteiger partial charge in [-0.05, 0) is 85.8 Å². The SMILES string of the molecule is CCCCC[C@@H](C(=O)NCNC(=O)c1ccc(-c2ccc(C(=O)N[C@@H](CC(=O)OCc3ccccc3)C(=O)OCc3ccccc3)c(OCC)c2)o1)[C@@H](CC)N(C=O)OC(=O)c1ccc(F)cc1C. The van der Waals surface area contributed by atoms with Crippen LogP contribution >= 0.6 is 0 Å². The van der Waals surface area contributed by atoms with Crippen LogP contribution in [0.4, 0.5) is 4.39 Å². The summed E-state index contributed by atoms with van der Waals surface area (Å²) in [7, 11) is 0. The van der Waals surface area contributed by atoms with Gasteiger partial charge in [-0.2, -0.15) is 5.06 Å². The number of furan rings is 1. The molecule has 4 aromatic carbocycles. The van der Waals surface area contributed by atoms with E-state index < -0.39 is 65.9 Å². The van der Waals surface area contributed by atoms with E-state index in [1.54, 1.807) is 68.4 Å². The molecule has 0 aliphatic rings. The summed E-state index contributed by atoms with van der Waals surface area (Å²) in [6.45, 7) is 6.71. The highest BCUT2D eigenvalue weighted by molar-refractivity contribution is 6.00. The van der Waals surface area contributed by atoms with Gasteiger partial charge in [0.2, 0.25) is 12.3 Å². The molecular weight excluding hydrogens is 892 g/mol. The number of unbranched alkanes of at least 4 members (excludes halogenated alkanes) is 2. The summed E-state index contributed by atoms with van der Waals surface area (Å²) in [6, 6.07) is 26.7. The Hall–Kier alpha value is -7.82. The van der Waals surface area contributed by atoms with Crippen molar-refractivity contribution in [3.63, 3.8) is 0 Å². The number of esters is 2. The number of carbonyl (C=O) groups excluding carboxylic acids is 7. The van der Waals surface area contributed by atoms with E-state index in [1.807, 2.05) is 19.1 Å². The molecule has 69 heavy (non-hydrogen) atoms. The molecule has 3 atom stereocenters. The van der Waals surface area contributed by atoms with Crippen molar-refractivity contribution in [2.45, 2.75) is 91.5 Å². The van der Waals surface area contributed by atoms with E-state index >= 15 is 0 Å². The Balaban J connectivity index is 1.23. The van der Waals surface area contributed by atoms with Gasteiger partial charge in [0, 0.05) is 5.56 Å². The summed E-state index contributed by atoms with van der Waals surface area (Å²) in [6.07, 6.45) is 2.71. The monoisotopic (exact) mass is 948 g/mol. The van der Waals surface area contributed by atoms with Gasteiger partial charge in [0.05, 0.1) is 42.8 Å². The van der Waals surface area contributed by atoms with Crippen molar-refractivity contribution in [2.24, 2.45) is 5.92 Å². The Morgan fingerprint density at radius 3 is 2.09 bits per heavy atom. The molecule has 0 spiro atoms. The van der Waals surface area contributed by atoms with Crippen LogP contribution in [0.25, 0.3) is 11.3 Å². The Morgan fingerprint density at radius 2 is 1.45 bits per heavy atom. The van der Waals surface area contributed by atoms with Crippen molar-refractivity contribution in [3.05, 3.63) is 149 Å². The molecule has 0 saturated heterocycles. The van der Waals surface area contributed by atoms with Gasteiger partial charge >= 0.3 is 17.9 Å². The fourth-order valence-corrected chi connectivity index (χ4v) is 7.33. The summed E-state index contributed by atoms with van der Waals surface area (Å²) in [5, 5.41) is 8.72. The summed E-state index contributed by atoms with van der Waals surface area (Å²) < 4.78 is 36.3. The fourth-order valence-electron chi connectivity index (χ4n) is 7.33. The Morgan fingerprint density at radius 1 is 0.768 bits per heavy atom. The average Bonchev–Trinajstić information content (AvgIpc) is 3.85. The maximum atomic E-state index is 13.8. The lowest BCUT2D eigenvalue weighted by Crippen LogP contribution is -2.49. The summed E-state index contributed by atoms with van der Waals surface area (Å²) in [5.74, 6) is -5.47. The lowest BCUT2D eigenvalue weighted by molar-refractivity contribution is -0.171. The van der Waals surface area contributed by atoms with Crippen molar-refractivity contribution >= 4 is 42.0 Å². The molecule has 0 saturated carbocycles. The largest absolute Gasteiger partial charge is 0.493 e. The minimum absolute atomic E-state index is 0.0345. The molecule has 17 heteroatoms. The summed E-state index contributed by atoms with van der Waals surface area (Å²) >= 11 is 0. The van der Waals surface area contributed by atoms with E-state index in [2.05, 4.69) is 16.0 Å². The minimum Gasteiger partial charge on any atom is -0.493 e. The molecule has 364 valence electrons. The predicted octanol–water partition coefficient (Wildman–Crippen LogP) is 7.78. The van der Waals surface area contributed by atoms with Crippen LogP contribution < -0.4 is 20.7 Å². The Labute approximate surface area is 399 Å². The first-order chi connectivity index (χ1) is 33.3. The number of nitrogens with zero attached hydrogens (tertiary/aromatic N) is 1. The molecule has 5 rings (SSSR count). The van der Waals surface area contributed by atoms with E-state index in [1.165, 1.54) is 43.3 Å². The molecule has 16 nitrogen and oxygen atoms in total. The van der Waals surface area contributed by atoms with Gasteiger partial charge in [0.1, 0.15) is 36.6 Å². The molecule has 5 aromatic rings. The first-order valence-electron chi connectivity index (χ1n) is 22.7. The number of nitrogens with one attached hydrogen (secondary N) is 3. The smallest absolute Gasteiger partial charge is 0.363 e. The van der Waals surface area contributed by atoms with Crippen molar-refractivity contribution in [1.82, 2.24) is 21.0 Å². The van der Waals surface area contributed by atoms with E-state index in [0.717, 1.165) is 29.5 Å². The Kier molecular flexibility index (Phi) is 20.0. The molecule has 0 aliphatic carbocycles. The first kappa shape index (κ1) is 52.2. The number of ether oxygens (including phenoxy) is 3. The van der Waals surface area contributed by atoms with Crippen molar-refractivity contribution in [3.8, 4) is 17.1 Å². The first-order valence-corrected chi connectivity index (χ1v) is 22.7. The van der Waals surface area contributed by atoms with Gasteiger partial charge in [0.25, 0.3) is 11.8 Å². The van der Waals surface area contributed by atoms with Gasteiger partial charge < -0.3 is 39.4 Å². The average molecular weight is 949 g/mol. The van der Waals surface area contributed by atoms with Gasteiger partial charge in [-0.25, -0.2) is 14.0 Å². The number of benzene rings is 4. The standard InChI is InChI=1S/C52H57FN4O12/c1-5-8-11-20-40(43(6-2)57(33-58)69-51(63)39-24-22-38(53)27-34(39)4)48(60)54-32-55-50(62)45-26-25-44(68-45)37-21-23-41(46(28-37)65-7-3)49(61)56-42(52(64)67-31-36-18-14-10-15-19-36)29-47(59)66-30-35-16-12-9-13-17-35/h9-10,12-19,21-28,33,40,42-43H,5-8,11,20,29-32H2,1-4H3,(H,54,60)(H,55,62)(H,56,61)/t40-,42+,43-/m1/s1. The zero-order chi connectivity index (χ0) is 49.7. The highest BCUT2D eigenvalue weighted by Gasteiger charge is 2.34. The lowest BCUT2D eigenvalue weighted by Gasteiger charge is -2.32. The molecule has 0 radical (unpaired) electrons. The second-order valence-electron chi connectivity index (χ2n) is 15.9. The van der Waals surface area contributed by atoms with Crippen LogP contribution in [0.3, 0.4) is 0 Å². The van der Waals surface area contributed by atoms with Gasteiger partial charge in [-0.15, -0.1) is 0 Å². The molecule has 1 aromatic heterocycles. The van der Waals surface area contributed by atoms with Crippen molar-refractivity contribution in [2.75, 3.05) is 13.3 Å². The van der Waals surface area contributed by atoms with Gasteiger partial charge in [0.15, 0.2) is 5.76 Å². The number of carbonyl (C=O) groups is 7. The maximum Gasteiger partial charge on any atom is 0.363 e. The summed E-state index contributed by atoms with van der Waals surface area (Å²) in [4.78, 5) is 97.8. The number of hydrogen-bond donors (Lipinski definition) is 3. The van der Waals surface area contributed by atoms with E-state index in [-0.39, 0.29) is 61.3 Å². The molecular formula is C52H57FN4O12. The second-order valence-corrected chi connectivity index (χ2v) is 15.9. The lowest BCUT2D eigenvalue weighted by atomic mass is 9.90. The van der Waals surface area contributed by atoms with Crippen LogP contribution in [0.1, 0.15) is 107 Å². The van der Waals surface area contributed by atoms with E-state index in [9.17, 15) is 38.0 Å². The zero-order valence-corrected chi connectivity index (χ0v) is 39.0. The van der Waals surface area contributed by atoms with Crippen molar-refractivity contribution in [1.29, 1.82) is 0 Å². The highest BCUT2D eigenvalue weighted by Crippen LogP contribution is 2.30. The van der Waals surface area contributed by atoms with Crippen LogP contribution in [0.15, 0.2) is 114 Å². The number of halogens is 1. The molecule has 3 N–H and O–H groups in total. The Bertz CT molecular complexity index is 2530. The molecule has 0 bridgehead atoms. The second kappa shape index (κ2) is 26.5. The van der Waals surface area contributed by atoms with E-state index in [4.69, 9.17) is 23.5 Å². The van der Waals surface area contributed by atoms with Gasteiger partial charge in [-0.3, -0.25) is 24.0 Å². The molecule has 1 heterocycles. The minimum atomic E-state index is -1.41. The molecule has 0 aliphatic heterocycles. The molecule has 0 unspecified atom stereocenters. The topological polar surface area (TPSA) is 209 Å². The van der Waals surface area contributed by atoms with Gasteiger partial charge in [-0.1, -0.05) is 99.8 Å². The van der Waals surface area contributed by atoms with E-state index in [0.29, 0.717) is 35.9 Å². The van der Waals surface area contributed by atoms with Crippen LogP contribution in [0.5, 0.6) is 5.75 Å². The number of hydrogen-bond acceptors (Lipinski definition) is 12. The number of amides is 4. The predicted molar refractivity (Wildman–Crippen MR) is 250 cm³/mol. The third-order valence-electron chi connectivity index (χ3n) is 10.9. The van der Waals surface area contributed by atoms with Crippen molar-refractivity contribution < 1.29 is 61.4 Å². The highest BCUT2D eigenvalue weighted by atomic mass is 19.1. The van der Waals surface area contributed by atoms with Crippen LogP contribution in [-0.2, 0) is 46.7 Å². The van der Waals surface area contributed by atoms with Crippen LogP contribution in [0.2, 0.25) is 0 Å². The van der Waals surface area contributed by atoms with Crippen LogP contribution in [0, 0.1) is 18.7 Å². The summed E-state index contributed by atoms with van der Waals surface area (Å²) in [5.41, 5.74) is 2.29. The number of hydroxylamine groups is 2. The third-order valence-corrected chi connectivity index (χ3v) is 10.9. The maximum absolute atomic E-state index is 13.8.